The molecular formula is C15H16ClN3S. The van der Waals surface area contributed by atoms with Crippen molar-refractivity contribution in [3.05, 3.63) is 47.1 Å². The second-order valence-electron chi connectivity index (χ2n) is 4.65. The van der Waals surface area contributed by atoms with Crippen LogP contribution in [-0.4, -0.2) is 16.4 Å². The van der Waals surface area contributed by atoms with Crippen LogP contribution in [0.15, 0.2) is 35.8 Å². The SMILES string of the molecule is CCc1ccc(N(C)c2nc3sccn3c2CCl)cc1. The Morgan fingerprint density at radius 1 is 1.30 bits per heavy atom. The average Bonchev–Trinajstić information content (AvgIpc) is 3.06. The zero-order valence-corrected chi connectivity index (χ0v) is 13.1. The van der Waals surface area contributed by atoms with Gasteiger partial charge in [0.25, 0.3) is 0 Å². The number of aryl methyl sites for hydroxylation is 1. The minimum atomic E-state index is 0.449. The molecule has 0 saturated carbocycles. The summed E-state index contributed by atoms with van der Waals surface area (Å²) in [5.41, 5.74) is 3.50. The van der Waals surface area contributed by atoms with E-state index >= 15 is 0 Å². The summed E-state index contributed by atoms with van der Waals surface area (Å²) in [5, 5.41) is 2.03. The molecule has 3 rings (SSSR count). The molecule has 0 N–H and O–H groups in total. The highest BCUT2D eigenvalue weighted by atomic mass is 35.5. The Balaban J connectivity index is 2.02. The van der Waals surface area contributed by atoms with Crippen molar-refractivity contribution in [2.24, 2.45) is 0 Å². The van der Waals surface area contributed by atoms with Gasteiger partial charge in [-0.05, 0) is 24.1 Å². The van der Waals surface area contributed by atoms with Gasteiger partial charge in [-0.25, -0.2) is 4.98 Å². The fraction of sp³-hybridized carbons (Fsp3) is 0.267. The number of imidazole rings is 1. The summed E-state index contributed by atoms with van der Waals surface area (Å²) in [6, 6.07) is 8.57. The molecule has 0 atom stereocenters. The highest BCUT2D eigenvalue weighted by molar-refractivity contribution is 7.15. The first-order valence-electron chi connectivity index (χ1n) is 6.57. The van der Waals surface area contributed by atoms with E-state index in [1.54, 1.807) is 11.3 Å². The number of hydrogen-bond donors (Lipinski definition) is 0. The number of fused-ring (bicyclic) bond motifs is 1. The van der Waals surface area contributed by atoms with Gasteiger partial charge in [-0.2, -0.15) is 0 Å². The van der Waals surface area contributed by atoms with Gasteiger partial charge in [0, 0.05) is 24.3 Å². The Labute approximate surface area is 127 Å². The second kappa shape index (κ2) is 5.46. The van der Waals surface area contributed by atoms with E-state index in [9.17, 15) is 0 Å². The summed E-state index contributed by atoms with van der Waals surface area (Å²) in [5.74, 6) is 1.38. The molecular weight excluding hydrogens is 290 g/mol. The molecule has 0 amide bonds. The molecule has 20 heavy (non-hydrogen) atoms. The number of anilines is 2. The molecule has 0 radical (unpaired) electrons. The number of halogens is 1. The smallest absolute Gasteiger partial charge is 0.195 e. The van der Waals surface area contributed by atoms with E-state index in [2.05, 4.69) is 45.5 Å². The molecule has 5 heteroatoms. The highest BCUT2D eigenvalue weighted by Crippen LogP contribution is 2.30. The Kier molecular flexibility index (Phi) is 3.68. The Hall–Kier alpha value is -1.52. The quantitative estimate of drug-likeness (QED) is 0.663. The van der Waals surface area contributed by atoms with Gasteiger partial charge < -0.3 is 4.90 Å². The first-order chi connectivity index (χ1) is 9.74. The zero-order chi connectivity index (χ0) is 14.1. The van der Waals surface area contributed by atoms with E-state index in [1.807, 2.05) is 18.6 Å². The first-order valence-corrected chi connectivity index (χ1v) is 7.99. The molecule has 0 aliphatic carbocycles. The Morgan fingerprint density at radius 3 is 2.70 bits per heavy atom. The predicted octanol–water partition coefficient (Wildman–Crippen LogP) is 4.46. The van der Waals surface area contributed by atoms with E-state index in [4.69, 9.17) is 11.6 Å². The van der Waals surface area contributed by atoms with Crippen molar-refractivity contribution < 1.29 is 0 Å². The van der Waals surface area contributed by atoms with Gasteiger partial charge in [0.15, 0.2) is 10.8 Å². The van der Waals surface area contributed by atoms with E-state index in [0.717, 1.165) is 28.6 Å². The third-order valence-corrected chi connectivity index (χ3v) is 4.53. The lowest BCUT2D eigenvalue weighted by Gasteiger charge is -2.18. The van der Waals surface area contributed by atoms with Crippen molar-refractivity contribution in [3.63, 3.8) is 0 Å². The van der Waals surface area contributed by atoms with Crippen molar-refractivity contribution in [1.82, 2.24) is 9.38 Å². The third kappa shape index (κ3) is 2.19. The van der Waals surface area contributed by atoms with E-state index in [0.29, 0.717) is 5.88 Å². The number of rotatable bonds is 4. The molecule has 104 valence electrons. The van der Waals surface area contributed by atoms with Crippen molar-refractivity contribution in [3.8, 4) is 0 Å². The molecule has 0 fully saturated rings. The molecule has 0 aliphatic rings. The van der Waals surface area contributed by atoms with Gasteiger partial charge in [0.05, 0.1) is 11.6 Å². The predicted molar refractivity (Wildman–Crippen MR) is 86.5 cm³/mol. The summed E-state index contributed by atoms with van der Waals surface area (Å²) >= 11 is 7.73. The molecule has 3 nitrogen and oxygen atoms in total. The van der Waals surface area contributed by atoms with E-state index < -0.39 is 0 Å². The Bertz CT molecular complexity index is 714. The molecule has 2 aromatic heterocycles. The first kappa shape index (κ1) is 13.5. The minimum absolute atomic E-state index is 0.449. The molecule has 2 heterocycles. The maximum atomic E-state index is 6.11. The van der Waals surface area contributed by atoms with Crippen LogP contribution in [0.25, 0.3) is 4.96 Å². The fourth-order valence-electron chi connectivity index (χ4n) is 2.29. The van der Waals surface area contributed by atoms with Crippen LogP contribution in [0.2, 0.25) is 0 Å². The lowest BCUT2D eigenvalue weighted by molar-refractivity contribution is 1.07. The molecule has 0 saturated heterocycles. The van der Waals surface area contributed by atoms with Gasteiger partial charge in [0.2, 0.25) is 0 Å². The molecule has 1 aromatic carbocycles. The van der Waals surface area contributed by atoms with Gasteiger partial charge in [-0.1, -0.05) is 19.1 Å². The van der Waals surface area contributed by atoms with Gasteiger partial charge >= 0.3 is 0 Å². The average molecular weight is 306 g/mol. The summed E-state index contributed by atoms with van der Waals surface area (Å²) < 4.78 is 2.06. The van der Waals surface area contributed by atoms with Crippen LogP contribution in [0.4, 0.5) is 11.5 Å². The third-order valence-electron chi connectivity index (χ3n) is 3.52. The van der Waals surface area contributed by atoms with Crippen LogP contribution in [0.5, 0.6) is 0 Å². The van der Waals surface area contributed by atoms with Crippen LogP contribution < -0.4 is 4.90 Å². The Morgan fingerprint density at radius 2 is 2.05 bits per heavy atom. The van der Waals surface area contributed by atoms with Crippen LogP contribution in [-0.2, 0) is 12.3 Å². The monoisotopic (exact) mass is 305 g/mol. The van der Waals surface area contributed by atoms with Crippen molar-refractivity contribution >= 4 is 39.4 Å². The molecule has 0 aliphatic heterocycles. The summed E-state index contributed by atoms with van der Waals surface area (Å²) in [6.07, 6.45) is 3.07. The standard InChI is InChI=1S/C15H16ClN3S/c1-3-11-4-6-12(7-5-11)18(2)14-13(10-16)19-8-9-20-15(19)17-14/h4-9H,3,10H2,1-2H3. The van der Waals surface area contributed by atoms with E-state index in [-0.39, 0.29) is 0 Å². The molecule has 0 unspecified atom stereocenters. The summed E-state index contributed by atoms with van der Waals surface area (Å²) in [4.78, 5) is 7.76. The van der Waals surface area contributed by atoms with Crippen molar-refractivity contribution in [1.29, 1.82) is 0 Å². The largest absolute Gasteiger partial charge is 0.328 e. The topological polar surface area (TPSA) is 20.5 Å². The zero-order valence-electron chi connectivity index (χ0n) is 11.5. The number of hydrogen-bond acceptors (Lipinski definition) is 3. The normalized spacial score (nSPS) is 11.2. The molecule has 0 bridgehead atoms. The lowest BCUT2D eigenvalue weighted by Crippen LogP contribution is -2.12. The second-order valence-corrected chi connectivity index (χ2v) is 5.79. The van der Waals surface area contributed by atoms with Gasteiger partial charge in [0.1, 0.15) is 0 Å². The summed E-state index contributed by atoms with van der Waals surface area (Å²) in [6.45, 7) is 2.16. The van der Waals surface area contributed by atoms with Crippen LogP contribution in [0, 0.1) is 0 Å². The van der Waals surface area contributed by atoms with Gasteiger partial charge in [-0.3, -0.25) is 4.40 Å². The summed E-state index contributed by atoms with van der Waals surface area (Å²) in [7, 11) is 2.03. The number of alkyl halides is 1. The maximum absolute atomic E-state index is 6.11. The minimum Gasteiger partial charge on any atom is -0.328 e. The fourth-order valence-corrected chi connectivity index (χ4v) is 3.27. The highest BCUT2D eigenvalue weighted by Gasteiger charge is 2.16. The molecule has 0 spiro atoms. The number of nitrogens with zero attached hydrogens (tertiary/aromatic N) is 3. The van der Waals surface area contributed by atoms with Crippen LogP contribution in [0.1, 0.15) is 18.2 Å². The van der Waals surface area contributed by atoms with Crippen molar-refractivity contribution in [2.75, 3.05) is 11.9 Å². The number of benzene rings is 1. The van der Waals surface area contributed by atoms with Crippen LogP contribution >= 0.6 is 22.9 Å². The molecule has 3 aromatic rings. The maximum Gasteiger partial charge on any atom is 0.195 e. The van der Waals surface area contributed by atoms with Crippen molar-refractivity contribution in [2.45, 2.75) is 19.2 Å². The van der Waals surface area contributed by atoms with E-state index in [1.165, 1.54) is 5.56 Å². The number of aromatic nitrogens is 2. The van der Waals surface area contributed by atoms with Gasteiger partial charge in [-0.15, -0.1) is 22.9 Å². The lowest BCUT2D eigenvalue weighted by atomic mass is 10.1. The number of thiazole rings is 1. The van der Waals surface area contributed by atoms with Crippen LogP contribution in [0.3, 0.4) is 0 Å².